The number of nitrogens with zero attached hydrogens (tertiary/aromatic N) is 2. The van der Waals surface area contributed by atoms with Gasteiger partial charge in [0.15, 0.2) is 0 Å². The summed E-state index contributed by atoms with van der Waals surface area (Å²) >= 11 is 0. The Kier molecular flexibility index (Phi) is 2.93. The number of amides is 2. The van der Waals surface area contributed by atoms with Crippen molar-refractivity contribution in [3.05, 3.63) is 0 Å². The summed E-state index contributed by atoms with van der Waals surface area (Å²) in [5.41, 5.74) is 0. The van der Waals surface area contributed by atoms with Crippen LogP contribution in [0.1, 0.15) is 38.5 Å². The molecule has 2 fully saturated rings. The van der Waals surface area contributed by atoms with Gasteiger partial charge in [0.1, 0.15) is 6.17 Å². The number of likely N-dealkylation sites (tertiary alicyclic amines) is 2. The standard InChI is InChI=1S/C11H18N2O2/c1-12-9(5-2-3-6-10(12)14)13-8-4-7-11(13)15/h9H,2-8H2,1H3. The topological polar surface area (TPSA) is 40.6 Å². The van der Waals surface area contributed by atoms with Crippen molar-refractivity contribution in [3.8, 4) is 0 Å². The Labute approximate surface area is 90.2 Å². The fourth-order valence-electron chi connectivity index (χ4n) is 2.49. The first kappa shape index (κ1) is 10.5. The molecule has 0 aromatic rings. The zero-order chi connectivity index (χ0) is 10.8. The first-order chi connectivity index (χ1) is 7.20. The van der Waals surface area contributed by atoms with E-state index in [-0.39, 0.29) is 18.0 Å². The van der Waals surface area contributed by atoms with Crippen molar-refractivity contribution in [2.24, 2.45) is 0 Å². The Hall–Kier alpha value is -1.06. The molecule has 1 unspecified atom stereocenters. The molecule has 4 heteroatoms. The normalized spacial score (nSPS) is 28.5. The Bertz CT molecular complexity index is 278. The lowest BCUT2D eigenvalue weighted by molar-refractivity contribution is -0.141. The molecule has 1 atom stereocenters. The fourth-order valence-corrected chi connectivity index (χ4v) is 2.49. The van der Waals surface area contributed by atoms with Crippen molar-refractivity contribution in [1.82, 2.24) is 9.80 Å². The minimum absolute atomic E-state index is 0.0231. The third-order valence-corrected chi connectivity index (χ3v) is 3.41. The van der Waals surface area contributed by atoms with Crippen LogP contribution in [0.4, 0.5) is 0 Å². The van der Waals surface area contributed by atoms with Gasteiger partial charge < -0.3 is 9.80 Å². The largest absolute Gasteiger partial charge is 0.325 e. The van der Waals surface area contributed by atoms with E-state index in [4.69, 9.17) is 0 Å². The van der Waals surface area contributed by atoms with Crippen LogP contribution in [0.5, 0.6) is 0 Å². The Morgan fingerprint density at radius 3 is 2.47 bits per heavy atom. The van der Waals surface area contributed by atoms with Gasteiger partial charge in [0, 0.05) is 26.4 Å². The SMILES string of the molecule is CN1C(=O)CCCCC1N1CCCC1=O. The zero-order valence-corrected chi connectivity index (χ0v) is 9.24. The molecule has 15 heavy (non-hydrogen) atoms. The van der Waals surface area contributed by atoms with Gasteiger partial charge in [0.2, 0.25) is 11.8 Å². The van der Waals surface area contributed by atoms with Crippen LogP contribution in [0.15, 0.2) is 0 Å². The van der Waals surface area contributed by atoms with Crippen molar-refractivity contribution in [1.29, 1.82) is 0 Å². The third kappa shape index (κ3) is 1.98. The van der Waals surface area contributed by atoms with Crippen LogP contribution in [-0.4, -0.2) is 41.4 Å². The molecule has 2 aliphatic heterocycles. The molecule has 4 nitrogen and oxygen atoms in total. The summed E-state index contributed by atoms with van der Waals surface area (Å²) in [6.45, 7) is 0.821. The maximum Gasteiger partial charge on any atom is 0.224 e. The van der Waals surface area contributed by atoms with Crippen LogP contribution in [0.3, 0.4) is 0 Å². The number of hydrogen-bond donors (Lipinski definition) is 0. The van der Waals surface area contributed by atoms with E-state index in [0.29, 0.717) is 12.8 Å². The van der Waals surface area contributed by atoms with Gasteiger partial charge in [-0.1, -0.05) is 0 Å². The predicted octanol–water partition coefficient (Wildman–Crippen LogP) is 0.967. The average Bonchev–Trinajstić information content (AvgIpc) is 2.56. The van der Waals surface area contributed by atoms with E-state index < -0.39 is 0 Å². The molecule has 2 aliphatic rings. The molecule has 0 aliphatic carbocycles. The van der Waals surface area contributed by atoms with Crippen molar-refractivity contribution < 1.29 is 9.59 Å². The summed E-state index contributed by atoms with van der Waals surface area (Å²) in [7, 11) is 1.82. The molecule has 0 aromatic carbocycles. The summed E-state index contributed by atoms with van der Waals surface area (Å²) < 4.78 is 0. The number of carbonyl (C=O) groups is 2. The average molecular weight is 210 g/mol. The molecule has 2 heterocycles. The van der Waals surface area contributed by atoms with E-state index in [1.807, 2.05) is 11.9 Å². The maximum atomic E-state index is 11.7. The highest BCUT2D eigenvalue weighted by atomic mass is 16.2. The summed E-state index contributed by atoms with van der Waals surface area (Å²) in [4.78, 5) is 26.9. The van der Waals surface area contributed by atoms with Crippen molar-refractivity contribution in [2.45, 2.75) is 44.7 Å². The fraction of sp³-hybridized carbons (Fsp3) is 0.818. The molecule has 2 rings (SSSR count). The Morgan fingerprint density at radius 2 is 1.80 bits per heavy atom. The van der Waals surface area contributed by atoms with Gasteiger partial charge in [0.25, 0.3) is 0 Å². The van der Waals surface area contributed by atoms with E-state index in [1.54, 1.807) is 4.90 Å². The quantitative estimate of drug-likeness (QED) is 0.647. The van der Waals surface area contributed by atoms with Crippen LogP contribution in [0, 0.1) is 0 Å². The zero-order valence-electron chi connectivity index (χ0n) is 9.24. The summed E-state index contributed by atoms with van der Waals surface area (Å²) in [6, 6.07) is 0. The van der Waals surface area contributed by atoms with Crippen LogP contribution < -0.4 is 0 Å². The number of hydrogen-bond acceptors (Lipinski definition) is 2. The second-order valence-electron chi connectivity index (χ2n) is 4.42. The van der Waals surface area contributed by atoms with E-state index in [1.165, 1.54) is 0 Å². The van der Waals surface area contributed by atoms with Gasteiger partial charge in [0.05, 0.1) is 0 Å². The highest BCUT2D eigenvalue weighted by Crippen LogP contribution is 2.23. The van der Waals surface area contributed by atoms with Gasteiger partial charge in [-0.25, -0.2) is 0 Å². The number of carbonyl (C=O) groups excluding carboxylic acids is 2. The maximum absolute atomic E-state index is 11.7. The molecule has 2 saturated heterocycles. The predicted molar refractivity (Wildman–Crippen MR) is 56.0 cm³/mol. The summed E-state index contributed by atoms with van der Waals surface area (Å²) in [5.74, 6) is 0.388. The van der Waals surface area contributed by atoms with Gasteiger partial charge in [-0.2, -0.15) is 0 Å². The second kappa shape index (κ2) is 4.21. The second-order valence-corrected chi connectivity index (χ2v) is 4.42. The molecule has 0 radical (unpaired) electrons. The highest BCUT2D eigenvalue weighted by molar-refractivity contribution is 5.80. The van der Waals surface area contributed by atoms with Crippen molar-refractivity contribution in [2.75, 3.05) is 13.6 Å². The molecule has 0 saturated carbocycles. The molecular weight excluding hydrogens is 192 g/mol. The lowest BCUT2D eigenvalue weighted by atomic mass is 10.2. The van der Waals surface area contributed by atoms with Crippen LogP contribution in [0.2, 0.25) is 0 Å². The number of rotatable bonds is 1. The van der Waals surface area contributed by atoms with Crippen LogP contribution in [-0.2, 0) is 9.59 Å². The molecule has 0 N–H and O–H groups in total. The first-order valence-electron chi connectivity index (χ1n) is 5.75. The van der Waals surface area contributed by atoms with Gasteiger partial charge in [-0.05, 0) is 25.7 Å². The Balaban J connectivity index is 2.11. The molecule has 0 aromatic heterocycles. The summed E-state index contributed by atoms with van der Waals surface area (Å²) in [6.07, 6.45) is 5.19. The molecular formula is C11H18N2O2. The first-order valence-corrected chi connectivity index (χ1v) is 5.75. The highest BCUT2D eigenvalue weighted by Gasteiger charge is 2.33. The van der Waals surface area contributed by atoms with Gasteiger partial charge in [-0.3, -0.25) is 9.59 Å². The lowest BCUT2D eigenvalue weighted by Gasteiger charge is -2.34. The van der Waals surface area contributed by atoms with E-state index in [2.05, 4.69) is 0 Å². The van der Waals surface area contributed by atoms with E-state index >= 15 is 0 Å². The van der Waals surface area contributed by atoms with Gasteiger partial charge in [-0.15, -0.1) is 0 Å². The lowest BCUT2D eigenvalue weighted by Crippen LogP contribution is -2.48. The van der Waals surface area contributed by atoms with E-state index in [0.717, 1.165) is 32.2 Å². The molecule has 0 bridgehead atoms. The van der Waals surface area contributed by atoms with Gasteiger partial charge >= 0.3 is 0 Å². The smallest absolute Gasteiger partial charge is 0.224 e. The molecule has 2 amide bonds. The monoisotopic (exact) mass is 210 g/mol. The minimum Gasteiger partial charge on any atom is -0.325 e. The van der Waals surface area contributed by atoms with Crippen molar-refractivity contribution >= 4 is 11.8 Å². The molecule has 84 valence electrons. The summed E-state index contributed by atoms with van der Waals surface area (Å²) in [5, 5.41) is 0. The Morgan fingerprint density at radius 1 is 1.07 bits per heavy atom. The van der Waals surface area contributed by atoms with Crippen LogP contribution in [0.25, 0.3) is 0 Å². The van der Waals surface area contributed by atoms with E-state index in [9.17, 15) is 9.59 Å². The minimum atomic E-state index is 0.0231. The third-order valence-electron chi connectivity index (χ3n) is 3.41. The van der Waals surface area contributed by atoms with Crippen LogP contribution >= 0.6 is 0 Å². The molecule has 0 spiro atoms. The van der Waals surface area contributed by atoms with Crippen molar-refractivity contribution in [3.63, 3.8) is 0 Å².